The lowest BCUT2D eigenvalue weighted by molar-refractivity contribution is 0.211. The summed E-state index contributed by atoms with van der Waals surface area (Å²) in [6.07, 6.45) is -0.678. The van der Waals surface area contributed by atoms with Crippen molar-refractivity contribution in [1.29, 1.82) is 0 Å². The van der Waals surface area contributed by atoms with E-state index in [1.54, 1.807) is 30.3 Å². The monoisotopic (exact) mass is 400 g/mol. The molecule has 0 saturated carbocycles. The molecule has 0 fully saturated rings. The van der Waals surface area contributed by atoms with Crippen LogP contribution >= 0.6 is 11.6 Å². The molecule has 0 radical (unpaired) electrons. The van der Waals surface area contributed by atoms with Crippen molar-refractivity contribution in [3.8, 4) is 11.5 Å². The van der Waals surface area contributed by atoms with Gasteiger partial charge in [0.2, 0.25) is 0 Å². The summed E-state index contributed by atoms with van der Waals surface area (Å²) < 4.78 is 38.0. The number of sulfonamides is 1. The fraction of sp³-hybridized carbons (Fsp3) is 0.294. The van der Waals surface area contributed by atoms with Gasteiger partial charge in [-0.2, -0.15) is 0 Å². The second-order valence-corrected chi connectivity index (χ2v) is 7.38. The van der Waals surface area contributed by atoms with Crippen LogP contribution in [0.15, 0.2) is 47.4 Å². The average Bonchev–Trinajstić information content (AvgIpc) is 2.66. The first kappa shape index (κ1) is 20.2. The number of benzene rings is 2. The lowest BCUT2D eigenvalue weighted by Crippen LogP contribution is -2.20. The van der Waals surface area contributed by atoms with E-state index in [1.807, 2.05) is 0 Å². The number of hydrogen-bond acceptors (Lipinski definition) is 6. The molecule has 0 aliphatic heterocycles. The molecule has 2 aromatic rings. The second kappa shape index (κ2) is 8.98. The topological polar surface area (TPSA) is 96.9 Å². The van der Waals surface area contributed by atoms with Crippen LogP contribution in [0.5, 0.6) is 11.5 Å². The molecule has 0 aliphatic rings. The molecule has 0 aliphatic carbocycles. The van der Waals surface area contributed by atoms with Crippen molar-refractivity contribution in [1.82, 2.24) is 0 Å². The zero-order valence-electron chi connectivity index (χ0n) is 14.4. The SMILES string of the molecule is COc1ccc(OC)c(NS(=O)(=O)c2ccc(NCC(O)CCl)cc2)c1. The third-order valence-corrected chi connectivity index (χ3v) is 5.27. The third kappa shape index (κ3) is 5.17. The zero-order chi connectivity index (χ0) is 19.2. The van der Waals surface area contributed by atoms with E-state index >= 15 is 0 Å². The fourth-order valence-corrected chi connectivity index (χ4v) is 3.31. The molecule has 0 saturated heterocycles. The van der Waals surface area contributed by atoms with Gasteiger partial charge in [0.25, 0.3) is 10.0 Å². The number of alkyl halides is 1. The minimum absolute atomic E-state index is 0.0887. The van der Waals surface area contributed by atoms with Crippen LogP contribution in [0.1, 0.15) is 0 Å². The second-order valence-electron chi connectivity index (χ2n) is 5.39. The van der Waals surface area contributed by atoms with Crippen LogP contribution in [0, 0.1) is 0 Å². The number of aliphatic hydroxyl groups is 1. The summed E-state index contributed by atoms with van der Waals surface area (Å²) in [5.41, 5.74) is 0.950. The van der Waals surface area contributed by atoms with Gasteiger partial charge in [0.15, 0.2) is 0 Å². The first-order chi connectivity index (χ1) is 12.4. The molecule has 0 aromatic heterocycles. The Morgan fingerprint density at radius 2 is 1.81 bits per heavy atom. The Morgan fingerprint density at radius 1 is 1.12 bits per heavy atom. The summed E-state index contributed by atoms with van der Waals surface area (Å²) in [5.74, 6) is 0.995. The molecule has 26 heavy (non-hydrogen) atoms. The van der Waals surface area contributed by atoms with Gasteiger partial charge in [-0.1, -0.05) is 0 Å². The summed E-state index contributed by atoms with van der Waals surface area (Å²) >= 11 is 5.53. The largest absolute Gasteiger partial charge is 0.497 e. The van der Waals surface area contributed by atoms with Crippen molar-refractivity contribution in [3.63, 3.8) is 0 Å². The molecule has 0 spiro atoms. The van der Waals surface area contributed by atoms with Gasteiger partial charge in [0, 0.05) is 18.3 Å². The Labute approximate surface area is 157 Å². The van der Waals surface area contributed by atoms with E-state index in [-0.39, 0.29) is 23.0 Å². The molecule has 142 valence electrons. The molecular formula is C17H21ClN2O5S. The van der Waals surface area contributed by atoms with Gasteiger partial charge in [-0.25, -0.2) is 8.42 Å². The van der Waals surface area contributed by atoms with Crippen LogP contribution in [-0.2, 0) is 10.0 Å². The Kier molecular flexibility index (Phi) is 6.96. The molecule has 0 bridgehead atoms. The van der Waals surface area contributed by atoms with Crippen molar-refractivity contribution in [3.05, 3.63) is 42.5 Å². The lowest BCUT2D eigenvalue weighted by atomic mass is 10.3. The molecule has 2 rings (SSSR count). The Hall–Kier alpha value is -2.16. The number of halogens is 1. The highest BCUT2D eigenvalue weighted by Gasteiger charge is 2.17. The van der Waals surface area contributed by atoms with Crippen molar-refractivity contribution in [2.45, 2.75) is 11.0 Å². The van der Waals surface area contributed by atoms with Crippen LogP contribution in [-0.4, -0.2) is 46.3 Å². The van der Waals surface area contributed by atoms with Crippen molar-refractivity contribution in [2.75, 3.05) is 36.7 Å². The molecule has 2 aromatic carbocycles. The summed E-state index contributed by atoms with van der Waals surface area (Å²) in [6, 6.07) is 11.0. The van der Waals surface area contributed by atoms with Crippen LogP contribution in [0.25, 0.3) is 0 Å². The number of aliphatic hydroxyl groups excluding tert-OH is 1. The first-order valence-corrected chi connectivity index (χ1v) is 9.74. The maximum absolute atomic E-state index is 12.6. The average molecular weight is 401 g/mol. The molecule has 1 atom stereocenters. The molecule has 0 heterocycles. The first-order valence-electron chi connectivity index (χ1n) is 7.72. The number of anilines is 2. The maximum Gasteiger partial charge on any atom is 0.262 e. The molecule has 3 N–H and O–H groups in total. The Balaban J connectivity index is 2.17. The van der Waals surface area contributed by atoms with E-state index in [4.69, 9.17) is 21.1 Å². The quantitative estimate of drug-likeness (QED) is 0.559. The zero-order valence-corrected chi connectivity index (χ0v) is 16.0. The molecule has 7 nitrogen and oxygen atoms in total. The molecular weight excluding hydrogens is 380 g/mol. The Bertz CT molecular complexity index is 828. The summed E-state index contributed by atoms with van der Waals surface area (Å²) in [7, 11) is -0.861. The van der Waals surface area contributed by atoms with Gasteiger partial charge < -0.3 is 19.9 Å². The Morgan fingerprint density at radius 3 is 2.38 bits per heavy atom. The van der Waals surface area contributed by atoms with Crippen LogP contribution in [0.2, 0.25) is 0 Å². The molecule has 9 heteroatoms. The maximum atomic E-state index is 12.6. The van der Waals surface area contributed by atoms with Crippen molar-refractivity contribution >= 4 is 33.0 Å². The minimum atomic E-state index is -3.81. The van der Waals surface area contributed by atoms with E-state index in [0.717, 1.165) is 0 Å². The smallest absolute Gasteiger partial charge is 0.262 e. The lowest BCUT2D eigenvalue weighted by Gasteiger charge is -2.14. The summed E-state index contributed by atoms with van der Waals surface area (Å²) in [4.78, 5) is 0.0887. The number of hydrogen-bond donors (Lipinski definition) is 3. The molecule has 0 amide bonds. The number of rotatable bonds is 9. The highest BCUT2D eigenvalue weighted by Crippen LogP contribution is 2.31. The highest BCUT2D eigenvalue weighted by molar-refractivity contribution is 7.92. The van der Waals surface area contributed by atoms with Gasteiger partial charge in [-0.15, -0.1) is 11.6 Å². The van der Waals surface area contributed by atoms with Crippen LogP contribution in [0.3, 0.4) is 0 Å². The van der Waals surface area contributed by atoms with Gasteiger partial charge in [0.05, 0.1) is 36.8 Å². The van der Waals surface area contributed by atoms with E-state index in [1.165, 1.54) is 26.4 Å². The van der Waals surface area contributed by atoms with E-state index in [2.05, 4.69) is 10.0 Å². The highest BCUT2D eigenvalue weighted by atomic mass is 35.5. The van der Waals surface area contributed by atoms with E-state index < -0.39 is 16.1 Å². The van der Waals surface area contributed by atoms with Crippen LogP contribution < -0.4 is 19.5 Å². The predicted molar refractivity (Wildman–Crippen MR) is 102 cm³/mol. The van der Waals surface area contributed by atoms with E-state index in [9.17, 15) is 13.5 Å². The fourth-order valence-electron chi connectivity index (χ4n) is 2.14. The van der Waals surface area contributed by atoms with Gasteiger partial charge in [-0.05, 0) is 36.4 Å². The van der Waals surface area contributed by atoms with Gasteiger partial charge >= 0.3 is 0 Å². The standard InChI is InChI=1S/C17H21ClN2O5S/c1-24-14-5-8-17(25-2)16(9-14)20-26(22,23)15-6-3-12(4-7-15)19-11-13(21)10-18/h3-9,13,19-21H,10-11H2,1-2H3. The van der Waals surface area contributed by atoms with Crippen LogP contribution in [0.4, 0.5) is 11.4 Å². The van der Waals surface area contributed by atoms with Crippen molar-refractivity contribution < 1.29 is 23.0 Å². The predicted octanol–water partition coefficient (Wildman–Crippen LogP) is 2.52. The number of nitrogens with one attached hydrogen (secondary N) is 2. The van der Waals surface area contributed by atoms with E-state index in [0.29, 0.717) is 17.2 Å². The third-order valence-electron chi connectivity index (χ3n) is 3.54. The minimum Gasteiger partial charge on any atom is -0.497 e. The van der Waals surface area contributed by atoms with Crippen molar-refractivity contribution in [2.24, 2.45) is 0 Å². The number of methoxy groups -OCH3 is 2. The summed E-state index contributed by atoms with van der Waals surface area (Å²) in [5, 5.41) is 12.4. The molecule has 1 unspecified atom stereocenters. The van der Waals surface area contributed by atoms with Gasteiger partial charge in [-0.3, -0.25) is 4.72 Å². The number of ether oxygens (including phenoxy) is 2. The van der Waals surface area contributed by atoms with Gasteiger partial charge in [0.1, 0.15) is 11.5 Å². The normalized spacial score (nSPS) is 12.3. The summed E-state index contributed by atoms with van der Waals surface area (Å²) in [6.45, 7) is 0.273.